The number of nitrogens with zero attached hydrogens (tertiary/aromatic N) is 2. The number of nitrogens with two attached hydrogens (primary N) is 1. The lowest BCUT2D eigenvalue weighted by atomic mass is 10.2. The van der Waals surface area contributed by atoms with Crippen LogP contribution in [0.15, 0.2) is 12.1 Å². The number of amides is 1. The minimum Gasteiger partial charge on any atom is -0.320 e. The van der Waals surface area contributed by atoms with Gasteiger partial charge in [-0.1, -0.05) is 11.6 Å². The number of anilines is 1. The molecule has 0 aliphatic rings. The summed E-state index contributed by atoms with van der Waals surface area (Å²) in [5, 5.41) is 10.2. The summed E-state index contributed by atoms with van der Waals surface area (Å²) in [5.74, 6) is 0.945. The molecule has 7 heteroatoms. The van der Waals surface area contributed by atoms with Gasteiger partial charge in [0.25, 0.3) is 0 Å². The standard InChI is InChI=1S/C9H13ClN4OS/c1-16-5-4-6(11)9(15)12-8-3-2-7(10)13-14-8/h2-3,6H,4-5,11H2,1H3,(H,12,14,15)/t6-/m0/s1. The van der Waals surface area contributed by atoms with Gasteiger partial charge in [0.1, 0.15) is 0 Å². The Morgan fingerprint density at radius 1 is 1.62 bits per heavy atom. The zero-order chi connectivity index (χ0) is 12.0. The minimum atomic E-state index is -0.523. The molecular formula is C9H13ClN4OS. The highest BCUT2D eigenvalue weighted by atomic mass is 35.5. The average molecular weight is 261 g/mol. The Morgan fingerprint density at radius 2 is 2.38 bits per heavy atom. The molecule has 1 heterocycles. The highest BCUT2D eigenvalue weighted by Crippen LogP contribution is 2.07. The second-order valence-electron chi connectivity index (χ2n) is 3.12. The van der Waals surface area contributed by atoms with E-state index in [4.69, 9.17) is 17.3 Å². The monoisotopic (exact) mass is 260 g/mol. The molecule has 1 aromatic rings. The first-order chi connectivity index (χ1) is 7.63. The third-order valence-electron chi connectivity index (χ3n) is 1.85. The van der Waals surface area contributed by atoms with Crippen LogP contribution in [-0.4, -0.2) is 34.2 Å². The number of hydrogen-bond acceptors (Lipinski definition) is 5. The summed E-state index contributed by atoms with van der Waals surface area (Å²) in [7, 11) is 0. The van der Waals surface area contributed by atoms with Crippen LogP contribution in [0.25, 0.3) is 0 Å². The van der Waals surface area contributed by atoms with Crippen LogP contribution in [0.2, 0.25) is 5.15 Å². The molecule has 0 aliphatic heterocycles. The number of carbonyl (C=O) groups is 1. The van der Waals surface area contributed by atoms with Crippen LogP contribution in [0.3, 0.4) is 0 Å². The molecule has 16 heavy (non-hydrogen) atoms. The first-order valence-corrected chi connectivity index (χ1v) is 6.45. The van der Waals surface area contributed by atoms with E-state index < -0.39 is 6.04 Å². The summed E-state index contributed by atoms with van der Waals surface area (Å²) in [6.07, 6.45) is 2.60. The van der Waals surface area contributed by atoms with Gasteiger partial charge in [-0.05, 0) is 30.6 Å². The second-order valence-corrected chi connectivity index (χ2v) is 4.49. The number of nitrogens with one attached hydrogen (secondary N) is 1. The zero-order valence-electron chi connectivity index (χ0n) is 8.81. The Kier molecular flexibility index (Phi) is 5.51. The van der Waals surface area contributed by atoms with Gasteiger partial charge in [0, 0.05) is 0 Å². The average Bonchev–Trinajstić information content (AvgIpc) is 2.29. The SMILES string of the molecule is CSCC[C@H](N)C(=O)Nc1ccc(Cl)nn1. The fourth-order valence-electron chi connectivity index (χ4n) is 0.978. The van der Waals surface area contributed by atoms with Gasteiger partial charge in [0.2, 0.25) is 5.91 Å². The summed E-state index contributed by atoms with van der Waals surface area (Å²) in [6, 6.07) is 2.61. The fourth-order valence-corrected chi connectivity index (χ4v) is 1.57. The van der Waals surface area contributed by atoms with Crippen LogP contribution < -0.4 is 11.1 Å². The Bertz CT molecular complexity index is 346. The van der Waals surface area contributed by atoms with E-state index in [1.165, 1.54) is 0 Å². The number of halogens is 1. The molecule has 0 saturated heterocycles. The van der Waals surface area contributed by atoms with Crippen LogP contribution >= 0.6 is 23.4 Å². The maximum atomic E-state index is 11.6. The summed E-state index contributed by atoms with van der Waals surface area (Å²) >= 11 is 7.22. The van der Waals surface area contributed by atoms with Gasteiger partial charge in [-0.2, -0.15) is 11.8 Å². The normalized spacial score (nSPS) is 12.2. The van der Waals surface area contributed by atoms with Crippen molar-refractivity contribution in [1.29, 1.82) is 0 Å². The van der Waals surface area contributed by atoms with Gasteiger partial charge in [-0.3, -0.25) is 4.79 Å². The second kappa shape index (κ2) is 6.67. The van der Waals surface area contributed by atoms with E-state index in [1.54, 1.807) is 23.9 Å². The number of thioether (sulfide) groups is 1. The van der Waals surface area contributed by atoms with Gasteiger partial charge < -0.3 is 11.1 Å². The summed E-state index contributed by atoms with van der Waals surface area (Å²) in [4.78, 5) is 11.6. The van der Waals surface area contributed by atoms with E-state index in [1.807, 2.05) is 6.26 Å². The van der Waals surface area contributed by atoms with Crippen LogP contribution in [0.1, 0.15) is 6.42 Å². The third-order valence-corrected chi connectivity index (χ3v) is 2.70. The Labute approximate surface area is 103 Å². The molecule has 0 aliphatic carbocycles. The number of rotatable bonds is 5. The highest BCUT2D eigenvalue weighted by molar-refractivity contribution is 7.98. The Balaban J connectivity index is 2.47. The van der Waals surface area contributed by atoms with Crippen molar-refractivity contribution in [3.8, 4) is 0 Å². The molecule has 88 valence electrons. The molecule has 0 radical (unpaired) electrons. The van der Waals surface area contributed by atoms with Crippen molar-refractivity contribution in [2.45, 2.75) is 12.5 Å². The van der Waals surface area contributed by atoms with Crippen molar-refractivity contribution >= 4 is 35.1 Å². The van der Waals surface area contributed by atoms with Crippen LogP contribution in [0.5, 0.6) is 0 Å². The summed E-state index contributed by atoms with van der Waals surface area (Å²) in [6.45, 7) is 0. The number of hydrogen-bond donors (Lipinski definition) is 2. The van der Waals surface area contributed by atoms with Crippen molar-refractivity contribution < 1.29 is 4.79 Å². The quantitative estimate of drug-likeness (QED) is 0.830. The van der Waals surface area contributed by atoms with E-state index in [-0.39, 0.29) is 11.1 Å². The molecule has 0 spiro atoms. The summed E-state index contributed by atoms with van der Waals surface area (Å²) < 4.78 is 0. The maximum absolute atomic E-state index is 11.6. The van der Waals surface area contributed by atoms with Gasteiger partial charge in [-0.15, -0.1) is 10.2 Å². The largest absolute Gasteiger partial charge is 0.320 e. The first-order valence-electron chi connectivity index (χ1n) is 4.68. The van der Waals surface area contributed by atoms with E-state index >= 15 is 0 Å². The van der Waals surface area contributed by atoms with Crippen molar-refractivity contribution in [2.75, 3.05) is 17.3 Å². The lowest BCUT2D eigenvalue weighted by Gasteiger charge is -2.10. The predicted octanol–water partition coefficient (Wildman–Crippen LogP) is 1.15. The number of aromatic nitrogens is 2. The Morgan fingerprint density at radius 3 is 2.94 bits per heavy atom. The first kappa shape index (κ1) is 13.2. The highest BCUT2D eigenvalue weighted by Gasteiger charge is 2.13. The molecule has 1 amide bonds. The molecule has 0 fully saturated rings. The van der Waals surface area contributed by atoms with Crippen molar-refractivity contribution in [2.24, 2.45) is 5.73 Å². The van der Waals surface area contributed by atoms with Gasteiger partial charge in [0.05, 0.1) is 6.04 Å². The van der Waals surface area contributed by atoms with Crippen molar-refractivity contribution in [3.05, 3.63) is 17.3 Å². The molecule has 0 unspecified atom stereocenters. The topological polar surface area (TPSA) is 80.9 Å². The van der Waals surface area contributed by atoms with E-state index in [9.17, 15) is 4.79 Å². The van der Waals surface area contributed by atoms with Crippen LogP contribution in [0, 0.1) is 0 Å². The van der Waals surface area contributed by atoms with Gasteiger partial charge >= 0.3 is 0 Å². The molecule has 0 bridgehead atoms. The molecule has 3 N–H and O–H groups in total. The molecule has 1 aromatic heterocycles. The molecular weight excluding hydrogens is 248 g/mol. The van der Waals surface area contributed by atoms with E-state index in [0.29, 0.717) is 12.2 Å². The van der Waals surface area contributed by atoms with Crippen LogP contribution in [0.4, 0.5) is 5.82 Å². The third kappa shape index (κ3) is 4.34. The van der Waals surface area contributed by atoms with Gasteiger partial charge in [-0.25, -0.2) is 0 Å². The minimum absolute atomic E-state index is 0.259. The zero-order valence-corrected chi connectivity index (χ0v) is 10.4. The Hall–Kier alpha value is -0.850. The smallest absolute Gasteiger partial charge is 0.242 e. The van der Waals surface area contributed by atoms with Crippen LogP contribution in [-0.2, 0) is 4.79 Å². The molecule has 1 atom stereocenters. The molecule has 1 rings (SSSR count). The summed E-state index contributed by atoms with van der Waals surface area (Å²) in [5.41, 5.74) is 5.68. The molecule has 0 saturated carbocycles. The van der Waals surface area contributed by atoms with Gasteiger partial charge in [0.15, 0.2) is 11.0 Å². The lowest BCUT2D eigenvalue weighted by Crippen LogP contribution is -2.36. The van der Waals surface area contributed by atoms with E-state index in [2.05, 4.69) is 15.5 Å². The van der Waals surface area contributed by atoms with Crippen molar-refractivity contribution in [3.63, 3.8) is 0 Å². The number of carbonyl (C=O) groups excluding carboxylic acids is 1. The lowest BCUT2D eigenvalue weighted by molar-refractivity contribution is -0.117. The fraction of sp³-hybridized carbons (Fsp3) is 0.444. The van der Waals surface area contributed by atoms with E-state index in [0.717, 1.165) is 5.75 Å². The molecule has 5 nitrogen and oxygen atoms in total. The molecule has 0 aromatic carbocycles. The maximum Gasteiger partial charge on any atom is 0.242 e. The predicted molar refractivity (Wildman–Crippen MR) is 66.6 cm³/mol. The van der Waals surface area contributed by atoms with Crippen molar-refractivity contribution in [1.82, 2.24) is 10.2 Å².